The lowest BCUT2D eigenvalue weighted by Gasteiger charge is -2.28. The fraction of sp³-hybridized carbons (Fsp3) is 1.00. The molecule has 0 aromatic carbocycles. The molecule has 84 valence electrons. The topological polar surface area (TPSA) is 46.2 Å². The highest BCUT2D eigenvalue weighted by Gasteiger charge is 2.39. The van der Waals surface area contributed by atoms with Crippen LogP contribution in [-0.4, -0.2) is 28.8 Å². The van der Waals surface area contributed by atoms with Gasteiger partial charge in [0.25, 0.3) is 0 Å². The summed E-state index contributed by atoms with van der Waals surface area (Å²) >= 11 is 2.00. The van der Waals surface area contributed by atoms with Gasteiger partial charge in [0.05, 0.1) is 5.60 Å². The van der Waals surface area contributed by atoms with Gasteiger partial charge in [-0.2, -0.15) is 11.8 Å². The predicted molar refractivity (Wildman–Crippen MR) is 63.6 cm³/mol. The lowest BCUT2D eigenvalue weighted by molar-refractivity contribution is 0.0104. The zero-order valence-corrected chi connectivity index (χ0v) is 9.98. The fourth-order valence-electron chi connectivity index (χ4n) is 2.28. The van der Waals surface area contributed by atoms with Crippen LogP contribution in [0.15, 0.2) is 0 Å². The Bertz CT molecular complexity index is 165. The smallest absolute Gasteiger partial charge is 0.0797 e. The summed E-state index contributed by atoms with van der Waals surface area (Å²) in [4.78, 5) is 0. The summed E-state index contributed by atoms with van der Waals surface area (Å²) in [6, 6.07) is 0. The highest BCUT2D eigenvalue weighted by Crippen LogP contribution is 2.37. The van der Waals surface area contributed by atoms with Crippen LogP contribution in [0, 0.1) is 5.92 Å². The fourth-order valence-corrected chi connectivity index (χ4v) is 3.23. The van der Waals surface area contributed by atoms with Crippen LogP contribution in [0.4, 0.5) is 0 Å². The van der Waals surface area contributed by atoms with Crippen molar-refractivity contribution in [3.8, 4) is 0 Å². The maximum atomic E-state index is 10.2. The van der Waals surface area contributed by atoms with Gasteiger partial charge >= 0.3 is 0 Å². The third kappa shape index (κ3) is 3.14. The zero-order valence-electron chi connectivity index (χ0n) is 9.17. The van der Waals surface area contributed by atoms with E-state index in [1.807, 2.05) is 11.8 Å². The van der Waals surface area contributed by atoms with Crippen molar-refractivity contribution in [1.29, 1.82) is 0 Å². The molecule has 14 heavy (non-hydrogen) atoms. The van der Waals surface area contributed by atoms with E-state index in [2.05, 4.69) is 6.92 Å². The summed E-state index contributed by atoms with van der Waals surface area (Å²) in [6.07, 6.45) is 5.61. The molecule has 0 aromatic rings. The molecule has 0 saturated heterocycles. The molecule has 1 saturated carbocycles. The third-order valence-electron chi connectivity index (χ3n) is 3.23. The Kier molecular flexibility index (Phi) is 5.28. The monoisotopic (exact) mass is 217 g/mol. The summed E-state index contributed by atoms with van der Waals surface area (Å²) in [5.74, 6) is 2.88. The Morgan fingerprint density at radius 3 is 2.93 bits per heavy atom. The van der Waals surface area contributed by atoms with Gasteiger partial charge in [-0.1, -0.05) is 13.3 Å². The standard InChI is InChI=1S/C11H23NOS/c1-2-7-14-8-5-10-4-3-6-11(10,13)9-12/h10,13H,2-9,12H2,1H3. The molecule has 1 fully saturated rings. The van der Waals surface area contributed by atoms with Gasteiger partial charge in [0.2, 0.25) is 0 Å². The van der Waals surface area contributed by atoms with Gasteiger partial charge in [0.1, 0.15) is 0 Å². The molecule has 0 aliphatic heterocycles. The Hall–Kier alpha value is 0.270. The number of hydrogen-bond donors (Lipinski definition) is 2. The molecule has 0 spiro atoms. The van der Waals surface area contributed by atoms with Crippen LogP contribution < -0.4 is 5.73 Å². The van der Waals surface area contributed by atoms with Crippen LogP contribution in [0.3, 0.4) is 0 Å². The number of rotatable bonds is 6. The molecule has 1 aliphatic rings. The molecule has 2 nitrogen and oxygen atoms in total. The first kappa shape index (κ1) is 12.3. The lowest BCUT2D eigenvalue weighted by atomic mass is 9.89. The minimum Gasteiger partial charge on any atom is -0.388 e. The average molecular weight is 217 g/mol. The first-order valence-electron chi connectivity index (χ1n) is 5.73. The third-order valence-corrected chi connectivity index (χ3v) is 4.46. The minimum atomic E-state index is -0.535. The van der Waals surface area contributed by atoms with Crippen molar-refractivity contribution < 1.29 is 5.11 Å². The van der Waals surface area contributed by atoms with E-state index >= 15 is 0 Å². The molecule has 3 heteroatoms. The predicted octanol–water partition coefficient (Wildman–Crippen LogP) is 2.01. The van der Waals surface area contributed by atoms with Crippen molar-refractivity contribution >= 4 is 11.8 Å². The van der Waals surface area contributed by atoms with E-state index < -0.39 is 5.60 Å². The second-order valence-electron chi connectivity index (χ2n) is 4.30. The van der Waals surface area contributed by atoms with E-state index in [1.54, 1.807) is 0 Å². The van der Waals surface area contributed by atoms with E-state index in [0.29, 0.717) is 12.5 Å². The summed E-state index contributed by atoms with van der Waals surface area (Å²) < 4.78 is 0. The SMILES string of the molecule is CCCSCCC1CCCC1(O)CN. The van der Waals surface area contributed by atoms with E-state index in [-0.39, 0.29) is 0 Å². The van der Waals surface area contributed by atoms with Crippen molar-refractivity contribution in [3.05, 3.63) is 0 Å². The minimum absolute atomic E-state index is 0.441. The van der Waals surface area contributed by atoms with E-state index in [9.17, 15) is 5.11 Å². The molecule has 0 bridgehead atoms. The van der Waals surface area contributed by atoms with Gasteiger partial charge in [0.15, 0.2) is 0 Å². The molecule has 1 rings (SSSR count). The van der Waals surface area contributed by atoms with E-state index in [4.69, 9.17) is 5.73 Å². The van der Waals surface area contributed by atoms with Gasteiger partial charge in [-0.25, -0.2) is 0 Å². The van der Waals surface area contributed by atoms with Crippen LogP contribution in [-0.2, 0) is 0 Å². The largest absolute Gasteiger partial charge is 0.388 e. The summed E-state index contributed by atoms with van der Waals surface area (Å²) in [6.45, 7) is 2.65. The van der Waals surface area contributed by atoms with Gasteiger partial charge in [0, 0.05) is 6.54 Å². The second-order valence-corrected chi connectivity index (χ2v) is 5.52. The van der Waals surface area contributed by atoms with Crippen LogP contribution in [0.2, 0.25) is 0 Å². The van der Waals surface area contributed by atoms with Gasteiger partial charge in [-0.3, -0.25) is 0 Å². The number of aliphatic hydroxyl groups is 1. The van der Waals surface area contributed by atoms with E-state index in [0.717, 1.165) is 19.3 Å². The molecule has 0 radical (unpaired) electrons. The maximum absolute atomic E-state index is 10.2. The van der Waals surface area contributed by atoms with Crippen molar-refractivity contribution in [2.45, 2.75) is 44.6 Å². The van der Waals surface area contributed by atoms with Crippen molar-refractivity contribution in [3.63, 3.8) is 0 Å². The van der Waals surface area contributed by atoms with Crippen molar-refractivity contribution in [2.75, 3.05) is 18.1 Å². The van der Waals surface area contributed by atoms with Crippen LogP contribution in [0.5, 0.6) is 0 Å². The Morgan fingerprint density at radius 1 is 1.50 bits per heavy atom. The zero-order chi connectivity index (χ0) is 10.4. The number of thioether (sulfide) groups is 1. The number of nitrogens with two attached hydrogens (primary N) is 1. The molecule has 0 aromatic heterocycles. The quantitative estimate of drug-likeness (QED) is 0.669. The van der Waals surface area contributed by atoms with Crippen LogP contribution >= 0.6 is 11.8 Å². The molecular formula is C11H23NOS. The first-order chi connectivity index (χ1) is 6.73. The molecule has 2 unspecified atom stereocenters. The molecule has 3 N–H and O–H groups in total. The summed E-state index contributed by atoms with van der Waals surface area (Å²) in [7, 11) is 0. The maximum Gasteiger partial charge on any atom is 0.0797 e. The van der Waals surface area contributed by atoms with Gasteiger partial charge < -0.3 is 10.8 Å². The number of hydrogen-bond acceptors (Lipinski definition) is 3. The second kappa shape index (κ2) is 5.99. The van der Waals surface area contributed by atoms with Crippen LogP contribution in [0.25, 0.3) is 0 Å². The molecule has 0 heterocycles. The highest BCUT2D eigenvalue weighted by atomic mass is 32.2. The Morgan fingerprint density at radius 2 is 2.29 bits per heavy atom. The van der Waals surface area contributed by atoms with E-state index in [1.165, 1.54) is 24.3 Å². The molecule has 1 aliphatic carbocycles. The first-order valence-corrected chi connectivity index (χ1v) is 6.88. The Balaban J connectivity index is 2.22. The lowest BCUT2D eigenvalue weighted by Crippen LogP contribution is -2.41. The molecule has 2 atom stereocenters. The Labute approximate surface area is 91.6 Å². The van der Waals surface area contributed by atoms with Crippen molar-refractivity contribution in [1.82, 2.24) is 0 Å². The highest BCUT2D eigenvalue weighted by molar-refractivity contribution is 7.99. The molecular weight excluding hydrogens is 194 g/mol. The van der Waals surface area contributed by atoms with Gasteiger partial charge in [-0.15, -0.1) is 0 Å². The van der Waals surface area contributed by atoms with Crippen molar-refractivity contribution in [2.24, 2.45) is 11.7 Å². The normalized spacial score (nSPS) is 32.4. The summed E-state index contributed by atoms with van der Waals surface area (Å²) in [5.41, 5.74) is 5.10. The average Bonchev–Trinajstić information content (AvgIpc) is 2.56. The summed E-state index contributed by atoms with van der Waals surface area (Å²) in [5, 5.41) is 10.2. The van der Waals surface area contributed by atoms with Gasteiger partial charge in [-0.05, 0) is 43.1 Å². The molecule has 0 amide bonds. The van der Waals surface area contributed by atoms with Crippen LogP contribution in [0.1, 0.15) is 39.0 Å².